The fraction of sp³-hybridized carbons (Fsp3) is 0.714. The number of halogens is 2. The van der Waals surface area contributed by atoms with Crippen molar-refractivity contribution in [2.45, 2.75) is 146 Å². The Kier molecular flexibility index (Phi) is 11.0. The van der Waals surface area contributed by atoms with Crippen molar-refractivity contribution in [3.8, 4) is 11.6 Å². The van der Waals surface area contributed by atoms with Crippen LogP contribution in [0.5, 0.6) is 11.6 Å². The van der Waals surface area contributed by atoms with E-state index < -0.39 is 92.4 Å². The molecule has 4 saturated carbocycles. The van der Waals surface area contributed by atoms with E-state index in [0.717, 1.165) is 38.5 Å². The van der Waals surface area contributed by atoms with Gasteiger partial charge in [-0.05, 0) is 94.1 Å². The third kappa shape index (κ3) is 8.33. The van der Waals surface area contributed by atoms with E-state index in [1.54, 1.807) is 40.0 Å². The van der Waals surface area contributed by atoms with E-state index in [2.05, 4.69) is 10.6 Å². The number of alkyl halides is 2. The van der Waals surface area contributed by atoms with Crippen LogP contribution < -0.4 is 24.8 Å². The van der Waals surface area contributed by atoms with E-state index in [9.17, 15) is 31.6 Å². The molecule has 1 aromatic heterocycles. The molecule has 2 aliphatic heterocycles. The number of carbonyl (C=O) groups is 4. The maximum Gasteiger partial charge on any atom is 0.408 e. The molecule has 18 heteroatoms. The maximum absolute atomic E-state index is 15.0. The Bertz CT molecular complexity index is 2160. The minimum Gasteiger partial charge on any atom is -0.497 e. The van der Waals surface area contributed by atoms with Gasteiger partial charge in [-0.25, -0.2) is 32.0 Å². The highest BCUT2D eigenvalue weighted by molar-refractivity contribution is 7.91. The number of aromatic nitrogens is 2. The molecule has 2 bridgehead atoms. The minimum absolute atomic E-state index is 0.138. The van der Waals surface area contributed by atoms with Crippen LogP contribution in [0.15, 0.2) is 18.2 Å². The predicted octanol–water partition coefficient (Wildman–Crippen LogP) is 4.80. The zero-order valence-electron chi connectivity index (χ0n) is 34.8. The summed E-state index contributed by atoms with van der Waals surface area (Å²) in [6.07, 6.45) is 2.37. The Morgan fingerprint density at radius 1 is 1.00 bits per heavy atom. The zero-order valence-corrected chi connectivity index (χ0v) is 35.6. The molecule has 1 saturated heterocycles. The summed E-state index contributed by atoms with van der Waals surface area (Å²) >= 11 is 0. The van der Waals surface area contributed by atoms with E-state index in [0.29, 0.717) is 54.6 Å². The number of sulfonamides is 1. The van der Waals surface area contributed by atoms with Crippen LogP contribution in [-0.4, -0.2) is 102 Å². The normalized spacial score (nSPS) is 31.9. The molecule has 328 valence electrons. The average molecular weight is 859 g/mol. The lowest BCUT2D eigenvalue weighted by Crippen LogP contribution is -2.61. The fourth-order valence-corrected chi connectivity index (χ4v) is 10.4. The molecule has 15 nitrogen and oxygen atoms in total. The molecule has 4 amide bonds. The Labute approximate surface area is 348 Å². The summed E-state index contributed by atoms with van der Waals surface area (Å²) in [6, 6.07) is 2.81. The van der Waals surface area contributed by atoms with Crippen molar-refractivity contribution in [2.24, 2.45) is 29.1 Å². The van der Waals surface area contributed by atoms with Crippen LogP contribution in [0.1, 0.15) is 104 Å². The van der Waals surface area contributed by atoms with E-state index in [1.165, 1.54) is 11.8 Å². The quantitative estimate of drug-likeness (QED) is 0.330. The number of ether oxygens (including phenoxy) is 3. The van der Waals surface area contributed by atoms with Gasteiger partial charge in [-0.3, -0.25) is 19.1 Å². The molecule has 5 fully saturated rings. The largest absolute Gasteiger partial charge is 0.497 e. The lowest BCUT2D eigenvalue weighted by Gasteiger charge is -2.36. The Balaban J connectivity index is 1.18. The van der Waals surface area contributed by atoms with Gasteiger partial charge >= 0.3 is 6.09 Å². The second kappa shape index (κ2) is 15.5. The lowest BCUT2D eigenvalue weighted by atomic mass is 9.85. The molecule has 4 aliphatic carbocycles. The molecule has 8 atom stereocenters. The Morgan fingerprint density at radius 2 is 1.73 bits per heavy atom. The zero-order chi connectivity index (χ0) is 42.9. The summed E-state index contributed by atoms with van der Waals surface area (Å²) in [6.45, 7) is 6.62. The monoisotopic (exact) mass is 858 g/mol. The topological polar surface area (TPSA) is 195 Å². The predicted molar refractivity (Wildman–Crippen MR) is 213 cm³/mol. The number of nitrogens with zero attached hydrogens (tertiary/aromatic N) is 3. The average Bonchev–Trinajstić information content (AvgIpc) is 3.99. The number of amides is 4. The van der Waals surface area contributed by atoms with Gasteiger partial charge in [-0.2, -0.15) is 0 Å². The molecular formula is C42H56F2N6O9S. The first-order valence-electron chi connectivity index (χ1n) is 21.3. The number of benzene rings is 1. The van der Waals surface area contributed by atoms with Gasteiger partial charge < -0.3 is 29.7 Å². The van der Waals surface area contributed by atoms with Crippen molar-refractivity contribution < 1.29 is 50.6 Å². The summed E-state index contributed by atoms with van der Waals surface area (Å²) in [5, 5.41) is 5.35. The van der Waals surface area contributed by atoms with E-state index in [4.69, 9.17) is 24.2 Å². The van der Waals surface area contributed by atoms with Gasteiger partial charge in [0, 0.05) is 12.0 Å². The Hall–Kier alpha value is -4.35. The molecular weight excluding hydrogens is 803 g/mol. The fourth-order valence-electron chi connectivity index (χ4n) is 9.08. The van der Waals surface area contributed by atoms with E-state index >= 15 is 4.79 Å². The maximum atomic E-state index is 15.0. The molecule has 6 aliphatic rings. The first-order valence-corrected chi connectivity index (χ1v) is 22.8. The van der Waals surface area contributed by atoms with Crippen molar-refractivity contribution in [2.75, 3.05) is 13.7 Å². The number of nitrogens with one attached hydrogen (secondary N) is 3. The molecule has 0 unspecified atom stereocenters. The van der Waals surface area contributed by atoms with Crippen molar-refractivity contribution in [1.29, 1.82) is 0 Å². The van der Waals surface area contributed by atoms with Gasteiger partial charge in [0.25, 0.3) is 5.91 Å². The SMILES string of the molecule is COc1ccc2nc3c(nc2c1)O[C@H]1CN(C(=O)[C@H](C(C)(C)C)NC(=O)O[C@@H]2C[C@H]2CCCCCC3)[C@H](C(=O)N[C@]2(C(=O)NS(=O)(=O)C3(C)CC3)C[C@H]2C(F)F)[C@@H]1C1CC1. The van der Waals surface area contributed by atoms with Crippen LogP contribution >= 0.6 is 0 Å². The number of carbonyl (C=O) groups excluding carboxylic acids is 4. The molecule has 3 heterocycles. The van der Waals surface area contributed by atoms with Crippen LogP contribution in [0.4, 0.5) is 13.6 Å². The lowest BCUT2D eigenvalue weighted by molar-refractivity contribution is -0.144. The van der Waals surface area contributed by atoms with Gasteiger partial charge in [-0.15, -0.1) is 0 Å². The van der Waals surface area contributed by atoms with E-state index in [1.807, 2.05) is 10.8 Å². The summed E-state index contributed by atoms with van der Waals surface area (Å²) in [4.78, 5) is 68.3. The second-order valence-corrected chi connectivity index (χ2v) is 21.4. The van der Waals surface area contributed by atoms with E-state index in [-0.39, 0.29) is 30.4 Å². The van der Waals surface area contributed by atoms with Gasteiger partial charge in [0.15, 0.2) is 0 Å². The number of methoxy groups -OCH3 is 1. The van der Waals surface area contributed by atoms with Crippen LogP contribution in [0.25, 0.3) is 11.0 Å². The Morgan fingerprint density at radius 3 is 2.38 bits per heavy atom. The van der Waals surface area contributed by atoms with Crippen LogP contribution in [0.3, 0.4) is 0 Å². The number of fused-ring (bicyclic) bond motifs is 5. The molecule has 60 heavy (non-hydrogen) atoms. The first kappa shape index (κ1) is 42.3. The highest BCUT2D eigenvalue weighted by Gasteiger charge is 2.68. The van der Waals surface area contributed by atoms with Crippen molar-refractivity contribution in [3.63, 3.8) is 0 Å². The molecule has 0 spiro atoms. The van der Waals surface area contributed by atoms with Crippen molar-refractivity contribution in [3.05, 3.63) is 23.9 Å². The minimum atomic E-state index is -4.24. The molecule has 1 aromatic carbocycles. The number of rotatable bonds is 8. The molecule has 0 radical (unpaired) electrons. The second-order valence-electron chi connectivity index (χ2n) is 19.2. The molecule has 3 N–H and O–H groups in total. The number of alkyl carbamates (subject to hydrolysis) is 1. The third-order valence-corrected chi connectivity index (χ3v) is 15.7. The number of aryl methyl sites for hydroxylation is 1. The van der Waals surface area contributed by atoms with Crippen LogP contribution in [-0.2, 0) is 35.6 Å². The first-order chi connectivity index (χ1) is 28.3. The van der Waals surface area contributed by atoms with Gasteiger partial charge in [0.1, 0.15) is 41.3 Å². The van der Waals surface area contributed by atoms with Crippen LogP contribution in [0, 0.1) is 29.1 Å². The molecule has 8 rings (SSSR count). The summed E-state index contributed by atoms with van der Waals surface area (Å²) in [5.74, 6) is -4.23. The summed E-state index contributed by atoms with van der Waals surface area (Å²) in [5.41, 5.74) is -1.37. The number of hydrogen-bond donors (Lipinski definition) is 3. The summed E-state index contributed by atoms with van der Waals surface area (Å²) in [7, 11) is -2.70. The van der Waals surface area contributed by atoms with Crippen molar-refractivity contribution in [1.82, 2.24) is 30.2 Å². The number of hydrogen-bond acceptors (Lipinski definition) is 11. The van der Waals surface area contributed by atoms with Crippen LogP contribution in [0.2, 0.25) is 0 Å². The smallest absolute Gasteiger partial charge is 0.408 e. The highest BCUT2D eigenvalue weighted by Crippen LogP contribution is 2.51. The summed E-state index contributed by atoms with van der Waals surface area (Å²) < 4.78 is 74.0. The van der Waals surface area contributed by atoms with Crippen molar-refractivity contribution >= 4 is 44.9 Å². The van der Waals surface area contributed by atoms with Gasteiger partial charge in [0.2, 0.25) is 34.1 Å². The van der Waals surface area contributed by atoms with Gasteiger partial charge in [0.05, 0.1) is 35.4 Å². The third-order valence-electron chi connectivity index (χ3n) is 13.5. The van der Waals surface area contributed by atoms with Gasteiger partial charge in [-0.1, -0.05) is 40.0 Å². The molecule has 2 aromatic rings. The standard InChI is InChI=1S/C42H56F2N6O9S/c1-40(2,3)33-37(52)50-21-30(31(22-12-13-22)32(50)35(51)48-42(20-25(42)34(43)44)38(53)49-60(55,56)41(4)16-17-41)58-36-27(45-26-15-14-24(57-5)19-28(26)46-36)11-9-7-6-8-10-23-18-29(23)59-39(54)47-33/h14-15,19,22-23,25,29-34H,6-13,16-18,20-21H2,1-5H3,(H,47,54)(H,48,51)(H,49,53)/t23-,25+,29-,30+,31-,32+,33-,42-/m1/s1. The highest BCUT2D eigenvalue weighted by atomic mass is 32.2.